The summed E-state index contributed by atoms with van der Waals surface area (Å²) in [5.41, 5.74) is 0. The molecule has 0 aliphatic heterocycles. The first-order valence-electron chi connectivity index (χ1n) is 9.71. The van der Waals surface area contributed by atoms with Crippen molar-refractivity contribution in [3.63, 3.8) is 0 Å². The zero-order chi connectivity index (χ0) is 17.0. The molecular weight excluding hydrogens is 288 g/mol. The highest BCUT2D eigenvalue weighted by molar-refractivity contribution is 4.84. The monoisotopic (exact) mass is 328 g/mol. The molecule has 0 saturated carbocycles. The van der Waals surface area contributed by atoms with Gasteiger partial charge in [-0.15, -0.1) is 0 Å². The van der Waals surface area contributed by atoms with Gasteiger partial charge >= 0.3 is 0 Å². The van der Waals surface area contributed by atoms with Crippen LogP contribution in [0.25, 0.3) is 0 Å². The molecule has 3 nitrogen and oxygen atoms in total. The van der Waals surface area contributed by atoms with Gasteiger partial charge in [0.25, 0.3) is 0 Å². The summed E-state index contributed by atoms with van der Waals surface area (Å²) in [6, 6.07) is 0. The molecule has 0 heterocycles. The van der Waals surface area contributed by atoms with Gasteiger partial charge in [-0.05, 0) is 19.3 Å². The SMILES string of the molecule is CCCCCCCCCCCCC/C=C/C[C@H](CO)OCOC. The van der Waals surface area contributed by atoms with Crippen molar-refractivity contribution in [1.29, 1.82) is 0 Å². The van der Waals surface area contributed by atoms with Crippen LogP contribution in [-0.2, 0) is 9.47 Å². The molecule has 1 atom stereocenters. The lowest BCUT2D eigenvalue weighted by Crippen LogP contribution is -2.18. The number of methoxy groups -OCH3 is 1. The van der Waals surface area contributed by atoms with Crippen molar-refractivity contribution < 1.29 is 14.6 Å². The van der Waals surface area contributed by atoms with Gasteiger partial charge in [0.1, 0.15) is 6.79 Å². The molecule has 0 radical (unpaired) electrons. The molecule has 0 aliphatic rings. The van der Waals surface area contributed by atoms with Gasteiger partial charge in [-0.3, -0.25) is 0 Å². The van der Waals surface area contributed by atoms with Crippen LogP contribution in [0.5, 0.6) is 0 Å². The zero-order valence-corrected chi connectivity index (χ0v) is 15.6. The Balaban J connectivity index is 3.24. The van der Waals surface area contributed by atoms with Gasteiger partial charge in [0.05, 0.1) is 12.7 Å². The second kappa shape index (κ2) is 19.7. The number of rotatable bonds is 18. The first-order chi connectivity index (χ1) is 11.3. The summed E-state index contributed by atoms with van der Waals surface area (Å²) < 4.78 is 10.2. The summed E-state index contributed by atoms with van der Waals surface area (Å²) in [6.45, 7) is 2.57. The highest BCUT2D eigenvalue weighted by atomic mass is 16.7. The van der Waals surface area contributed by atoms with E-state index in [4.69, 9.17) is 14.6 Å². The Hall–Kier alpha value is -0.380. The van der Waals surface area contributed by atoms with E-state index in [9.17, 15) is 0 Å². The molecule has 0 rings (SSSR count). The summed E-state index contributed by atoms with van der Waals surface area (Å²) in [5.74, 6) is 0. The van der Waals surface area contributed by atoms with Gasteiger partial charge in [0.15, 0.2) is 0 Å². The van der Waals surface area contributed by atoms with Crippen LogP contribution in [0.15, 0.2) is 12.2 Å². The van der Waals surface area contributed by atoms with Crippen molar-refractivity contribution in [3.8, 4) is 0 Å². The Kier molecular flexibility index (Phi) is 19.3. The summed E-state index contributed by atoms with van der Waals surface area (Å²) >= 11 is 0. The van der Waals surface area contributed by atoms with Crippen LogP contribution in [-0.4, -0.2) is 31.7 Å². The third-order valence-corrected chi connectivity index (χ3v) is 4.17. The highest BCUT2D eigenvalue weighted by Crippen LogP contribution is 2.12. The Morgan fingerprint density at radius 1 is 0.826 bits per heavy atom. The molecule has 0 bridgehead atoms. The third kappa shape index (κ3) is 17.8. The molecule has 138 valence electrons. The van der Waals surface area contributed by atoms with E-state index < -0.39 is 0 Å². The number of allylic oxidation sites excluding steroid dienone is 1. The molecule has 0 aromatic carbocycles. The van der Waals surface area contributed by atoms with Gasteiger partial charge in [-0.1, -0.05) is 83.3 Å². The second-order valence-corrected chi connectivity index (χ2v) is 6.41. The number of aliphatic hydroxyl groups is 1. The van der Waals surface area contributed by atoms with E-state index in [1.807, 2.05) is 0 Å². The second-order valence-electron chi connectivity index (χ2n) is 6.41. The third-order valence-electron chi connectivity index (χ3n) is 4.17. The van der Waals surface area contributed by atoms with E-state index in [0.717, 1.165) is 12.8 Å². The van der Waals surface area contributed by atoms with E-state index in [0.29, 0.717) is 0 Å². The minimum Gasteiger partial charge on any atom is -0.394 e. The van der Waals surface area contributed by atoms with Crippen molar-refractivity contribution >= 4 is 0 Å². The average Bonchev–Trinajstić information content (AvgIpc) is 2.57. The predicted molar refractivity (Wildman–Crippen MR) is 98.7 cm³/mol. The maximum atomic E-state index is 9.14. The number of hydrogen-bond donors (Lipinski definition) is 1. The number of unbranched alkanes of at least 4 members (excludes halogenated alkanes) is 11. The van der Waals surface area contributed by atoms with Gasteiger partial charge in [-0.25, -0.2) is 0 Å². The maximum Gasteiger partial charge on any atom is 0.146 e. The Morgan fingerprint density at radius 3 is 1.91 bits per heavy atom. The molecule has 0 spiro atoms. The van der Waals surface area contributed by atoms with E-state index in [-0.39, 0.29) is 19.5 Å². The lowest BCUT2D eigenvalue weighted by molar-refractivity contribution is -0.0854. The van der Waals surface area contributed by atoms with Gasteiger partial charge < -0.3 is 14.6 Å². The van der Waals surface area contributed by atoms with Crippen LogP contribution in [0, 0.1) is 0 Å². The minimum atomic E-state index is -0.136. The van der Waals surface area contributed by atoms with Gasteiger partial charge in [-0.2, -0.15) is 0 Å². The lowest BCUT2D eigenvalue weighted by atomic mass is 10.1. The molecule has 0 saturated heterocycles. The number of aliphatic hydroxyl groups excluding tert-OH is 1. The van der Waals surface area contributed by atoms with E-state index in [2.05, 4.69) is 19.1 Å². The molecule has 0 aliphatic carbocycles. The zero-order valence-electron chi connectivity index (χ0n) is 15.6. The normalized spacial score (nSPS) is 13.0. The maximum absolute atomic E-state index is 9.14. The van der Waals surface area contributed by atoms with Gasteiger partial charge in [0, 0.05) is 7.11 Å². The Labute approximate surface area is 144 Å². The molecule has 0 fully saturated rings. The van der Waals surface area contributed by atoms with E-state index in [1.165, 1.54) is 70.6 Å². The fourth-order valence-corrected chi connectivity index (χ4v) is 2.65. The molecular formula is C20H40O3. The van der Waals surface area contributed by atoms with E-state index >= 15 is 0 Å². The van der Waals surface area contributed by atoms with Crippen LogP contribution in [0.3, 0.4) is 0 Å². The quantitative estimate of drug-likeness (QED) is 0.202. The first-order valence-corrected chi connectivity index (χ1v) is 9.71. The lowest BCUT2D eigenvalue weighted by Gasteiger charge is -2.12. The summed E-state index contributed by atoms with van der Waals surface area (Å²) in [6.07, 6.45) is 21.4. The van der Waals surface area contributed by atoms with Crippen LogP contribution in [0.1, 0.15) is 90.4 Å². The molecule has 0 aromatic heterocycles. The molecule has 0 aromatic rings. The minimum absolute atomic E-state index is 0.0478. The molecule has 23 heavy (non-hydrogen) atoms. The molecule has 0 unspecified atom stereocenters. The van der Waals surface area contributed by atoms with Crippen LogP contribution in [0.4, 0.5) is 0 Å². The number of hydrogen-bond acceptors (Lipinski definition) is 3. The van der Waals surface area contributed by atoms with Crippen molar-refractivity contribution in [2.24, 2.45) is 0 Å². The molecule has 1 N–H and O–H groups in total. The smallest absolute Gasteiger partial charge is 0.146 e. The van der Waals surface area contributed by atoms with Crippen molar-refractivity contribution in [3.05, 3.63) is 12.2 Å². The van der Waals surface area contributed by atoms with Crippen molar-refractivity contribution in [1.82, 2.24) is 0 Å². The van der Waals surface area contributed by atoms with Crippen molar-refractivity contribution in [2.45, 2.75) is 96.5 Å². The Morgan fingerprint density at radius 2 is 1.39 bits per heavy atom. The van der Waals surface area contributed by atoms with Gasteiger partial charge in [0.2, 0.25) is 0 Å². The Bertz CT molecular complexity index is 241. The van der Waals surface area contributed by atoms with E-state index in [1.54, 1.807) is 7.11 Å². The molecule has 3 heteroatoms. The number of ether oxygens (including phenoxy) is 2. The van der Waals surface area contributed by atoms with Crippen LogP contribution < -0.4 is 0 Å². The largest absolute Gasteiger partial charge is 0.394 e. The standard InChI is InChI=1S/C20H40O3/c1-3-4-5-6-7-8-9-10-11-12-13-14-15-16-17-20(18-21)23-19-22-2/h15-16,20-21H,3-14,17-19H2,1-2H3/b16-15+/t20-/m1/s1. The van der Waals surface area contributed by atoms with Crippen LogP contribution >= 0.6 is 0 Å². The topological polar surface area (TPSA) is 38.7 Å². The summed E-state index contributed by atoms with van der Waals surface area (Å²) in [7, 11) is 1.59. The van der Waals surface area contributed by atoms with Crippen LogP contribution in [0.2, 0.25) is 0 Å². The summed E-state index contributed by atoms with van der Waals surface area (Å²) in [4.78, 5) is 0. The highest BCUT2D eigenvalue weighted by Gasteiger charge is 2.04. The summed E-state index contributed by atoms with van der Waals surface area (Å²) in [5, 5.41) is 9.14. The van der Waals surface area contributed by atoms with Crippen molar-refractivity contribution in [2.75, 3.05) is 20.5 Å². The predicted octanol–water partition coefficient (Wildman–Crippen LogP) is 5.62. The molecule has 0 amide bonds. The fraction of sp³-hybridized carbons (Fsp3) is 0.900. The fourth-order valence-electron chi connectivity index (χ4n) is 2.65. The average molecular weight is 329 g/mol. The first kappa shape index (κ1) is 22.6.